The molecule has 0 heterocycles. The summed E-state index contributed by atoms with van der Waals surface area (Å²) in [6.07, 6.45) is 0. The molecule has 1 aromatic rings. The zero-order valence-electron chi connectivity index (χ0n) is 8.62. The second-order valence-electron chi connectivity index (χ2n) is 2.95. The van der Waals surface area contributed by atoms with Gasteiger partial charge in [-0.15, -0.1) is 0 Å². The van der Waals surface area contributed by atoms with Crippen molar-refractivity contribution < 1.29 is 9.53 Å². The van der Waals surface area contributed by atoms with Gasteiger partial charge in [-0.1, -0.05) is 6.07 Å². The van der Waals surface area contributed by atoms with Gasteiger partial charge in [0.1, 0.15) is 12.4 Å². The van der Waals surface area contributed by atoms with E-state index in [1.54, 1.807) is 24.3 Å². The van der Waals surface area contributed by atoms with Gasteiger partial charge >= 0.3 is 0 Å². The first-order chi connectivity index (χ1) is 7.27. The number of hydrogen-bond donors (Lipinski definition) is 3. The summed E-state index contributed by atoms with van der Waals surface area (Å²) in [5, 5.41) is 2.96. The summed E-state index contributed by atoms with van der Waals surface area (Å²) in [6, 6.07) is 6.87. The van der Waals surface area contributed by atoms with Crippen LogP contribution in [0.5, 0.6) is 5.75 Å². The van der Waals surface area contributed by atoms with Crippen LogP contribution in [0.15, 0.2) is 24.3 Å². The average molecular weight is 209 g/mol. The van der Waals surface area contributed by atoms with Gasteiger partial charge < -0.3 is 10.1 Å². The highest BCUT2D eigenvalue weighted by Gasteiger charge is 2.03. The summed E-state index contributed by atoms with van der Waals surface area (Å²) < 4.78 is 5.40. The standard InChI is InChI=1S/C10H15N3O2/c1-12-5-6-15-9-4-2-3-8(7-9)10(14)13-11/h2-4,7,12H,5-6,11H2,1H3,(H,13,14). The third kappa shape index (κ3) is 3.57. The quantitative estimate of drug-likeness (QED) is 0.274. The Bertz CT molecular complexity index is 328. The number of rotatable bonds is 5. The SMILES string of the molecule is CNCCOc1cccc(C(=O)NN)c1. The van der Waals surface area contributed by atoms with Crippen LogP contribution in [0.1, 0.15) is 10.4 Å². The first-order valence-electron chi connectivity index (χ1n) is 4.66. The fraction of sp³-hybridized carbons (Fsp3) is 0.300. The summed E-state index contributed by atoms with van der Waals surface area (Å²) in [6.45, 7) is 1.32. The number of hydrogen-bond acceptors (Lipinski definition) is 4. The molecule has 82 valence electrons. The molecule has 0 spiro atoms. The molecule has 0 bridgehead atoms. The Morgan fingerprint density at radius 3 is 3.00 bits per heavy atom. The molecule has 0 saturated carbocycles. The highest BCUT2D eigenvalue weighted by atomic mass is 16.5. The third-order valence-corrected chi connectivity index (χ3v) is 1.85. The predicted molar refractivity (Wildman–Crippen MR) is 57.5 cm³/mol. The van der Waals surface area contributed by atoms with Crippen LogP contribution in [0.25, 0.3) is 0 Å². The summed E-state index contributed by atoms with van der Waals surface area (Å²) >= 11 is 0. The Morgan fingerprint density at radius 2 is 2.33 bits per heavy atom. The molecular formula is C10H15N3O2. The van der Waals surface area contributed by atoms with E-state index in [0.29, 0.717) is 17.9 Å². The number of amides is 1. The predicted octanol–water partition coefficient (Wildman–Crippen LogP) is -0.112. The highest BCUT2D eigenvalue weighted by Crippen LogP contribution is 2.12. The summed E-state index contributed by atoms with van der Waals surface area (Å²) in [5.74, 6) is 5.36. The molecular weight excluding hydrogens is 194 g/mol. The molecule has 1 aromatic carbocycles. The van der Waals surface area contributed by atoms with Crippen LogP contribution in [0.4, 0.5) is 0 Å². The van der Waals surface area contributed by atoms with Crippen LogP contribution >= 0.6 is 0 Å². The van der Waals surface area contributed by atoms with Crippen LogP contribution in [-0.4, -0.2) is 26.1 Å². The molecule has 4 N–H and O–H groups in total. The van der Waals surface area contributed by atoms with Gasteiger partial charge in [0.2, 0.25) is 0 Å². The van der Waals surface area contributed by atoms with Gasteiger partial charge in [0.05, 0.1) is 0 Å². The Labute approximate surface area is 88.6 Å². The number of nitrogens with two attached hydrogens (primary N) is 1. The molecule has 0 aromatic heterocycles. The number of benzene rings is 1. The molecule has 1 amide bonds. The van der Waals surface area contributed by atoms with Crippen LogP contribution < -0.4 is 21.3 Å². The topological polar surface area (TPSA) is 76.4 Å². The molecule has 1 rings (SSSR count). The molecule has 0 unspecified atom stereocenters. The molecule has 0 atom stereocenters. The maximum atomic E-state index is 11.2. The van der Waals surface area contributed by atoms with Crippen LogP contribution in [0.2, 0.25) is 0 Å². The van der Waals surface area contributed by atoms with Crippen molar-refractivity contribution in [2.24, 2.45) is 5.84 Å². The van der Waals surface area contributed by atoms with Crippen molar-refractivity contribution in [1.82, 2.24) is 10.7 Å². The van der Waals surface area contributed by atoms with Gasteiger partial charge in [-0.2, -0.15) is 0 Å². The van der Waals surface area contributed by atoms with Gasteiger partial charge in [-0.05, 0) is 25.2 Å². The third-order valence-electron chi connectivity index (χ3n) is 1.85. The zero-order chi connectivity index (χ0) is 11.1. The van der Waals surface area contributed by atoms with Crippen LogP contribution in [0.3, 0.4) is 0 Å². The van der Waals surface area contributed by atoms with Crippen molar-refractivity contribution >= 4 is 5.91 Å². The fourth-order valence-corrected chi connectivity index (χ4v) is 1.08. The fourth-order valence-electron chi connectivity index (χ4n) is 1.08. The van der Waals surface area contributed by atoms with E-state index in [9.17, 15) is 4.79 Å². The van der Waals surface area contributed by atoms with Crippen molar-refractivity contribution in [2.75, 3.05) is 20.2 Å². The lowest BCUT2D eigenvalue weighted by atomic mass is 10.2. The average Bonchev–Trinajstić information content (AvgIpc) is 2.29. The van der Waals surface area contributed by atoms with Gasteiger partial charge in [-0.3, -0.25) is 10.2 Å². The van der Waals surface area contributed by atoms with E-state index < -0.39 is 0 Å². The maximum absolute atomic E-state index is 11.2. The smallest absolute Gasteiger partial charge is 0.265 e. The molecule has 5 heteroatoms. The largest absolute Gasteiger partial charge is 0.492 e. The monoisotopic (exact) mass is 209 g/mol. The Hall–Kier alpha value is -1.59. The van der Waals surface area contributed by atoms with Gasteiger partial charge in [0, 0.05) is 12.1 Å². The molecule has 5 nitrogen and oxygen atoms in total. The zero-order valence-corrected chi connectivity index (χ0v) is 8.62. The second-order valence-corrected chi connectivity index (χ2v) is 2.95. The second kappa shape index (κ2) is 6.00. The van der Waals surface area contributed by atoms with Crippen molar-refractivity contribution in [3.8, 4) is 5.75 Å². The van der Waals surface area contributed by atoms with Gasteiger partial charge in [0.15, 0.2) is 0 Å². The minimum absolute atomic E-state index is 0.325. The maximum Gasteiger partial charge on any atom is 0.265 e. The minimum atomic E-state index is -0.325. The van der Waals surface area contributed by atoms with E-state index >= 15 is 0 Å². The van der Waals surface area contributed by atoms with E-state index in [1.165, 1.54) is 0 Å². The minimum Gasteiger partial charge on any atom is -0.492 e. The lowest BCUT2D eigenvalue weighted by Gasteiger charge is -2.06. The number of nitrogens with one attached hydrogen (secondary N) is 2. The molecule has 0 aliphatic carbocycles. The molecule has 0 radical (unpaired) electrons. The molecule has 0 fully saturated rings. The molecule has 0 aliphatic heterocycles. The van der Waals surface area contributed by atoms with Crippen molar-refractivity contribution in [3.05, 3.63) is 29.8 Å². The van der Waals surface area contributed by atoms with Crippen molar-refractivity contribution in [2.45, 2.75) is 0 Å². The van der Waals surface area contributed by atoms with Gasteiger partial charge in [0.25, 0.3) is 5.91 Å². The first-order valence-corrected chi connectivity index (χ1v) is 4.66. The number of nitrogen functional groups attached to an aromatic ring is 1. The normalized spacial score (nSPS) is 9.73. The summed E-state index contributed by atoms with van der Waals surface area (Å²) in [5.41, 5.74) is 2.55. The number of hydrazine groups is 1. The summed E-state index contributed by atoms with van der Waals surface area (Å²) in [7, 11) is 1.85. The van der Waals surface area contributed by atoms with Crippen molar-refractivity contribution in [1.29, 1.82) is 0 Å². The Balaban J connectivity index is 2.62. The van der Waals surface area contributed by atoms with Crippen LogP contribution in [-0.2, 0) is 0 Å². The van der Waals surface area contributed by atoms with E-state index in [4.69, 9.17) is 10.6 Å². The number of carbonyl (C=O) groups excluding carboxylic acids is 1. The number of carbonyl (C=O) groups is 1. The van der Waals surface area contributed by atoms with E-state index in [0.717, 1.165) is 6.54 Å². The number of likely N-dealkylation sites (N-methyl/N-ethyl adjacent to an activating group) is 1. The molecule has 15 heavy (non-hydrogen) atoms. The lowest BCUT2D eigenvalue weighted by Crippen LogP contribution is -2.29. The Morgan fingerprint density at radius 1 is 1.53 bits per heavy atom. The highest BCUT2D eigenvalue weighted by molar-refractivity contribution is 5.94. The van der Waals surface area contributed by atoms with Gasteiger partial charge in [-0.25, -0.2) is 5.84 Å². The lowest BCUT2D eigenvalue weighted by molar-refractivity contribution is 0.0953. The van der Waals surface area contributed by atoms with Crippen LogP contribution in [0, 0.1) is 0 Å². The van der Waals surface area contributed by atoms with Crippen molar-refractivity contribution in [3.63, 3.8) is 0 Å². The summed E-state index contributed by atoms with van der Waals surface area (Å²) in [4.78, 5) is 11.2. The van der Waals surface area contributed by atoms with E-state index in [1.807, 2.05) is 7.05 Å². The first kappa shape index (κ1) is 11.5. The van der Waals surface area contributed by atoms with E-state index in [-0.39, 0.29) is 5.91 Å². The Kier molecular flexibility index (Phi) is 4.59. The van der Waals surface area contributed by atoms with E-state index in [2.05, 4.69) is 10.7 Å². The molecule has 0 saturated heterocycles. The number of ether oxygens (including phenoxy) is 1. The molecule has 0 aliphatic rings.